The van der Waals surface area contributed by atoms with Crippen LogP contribution in [0, 0.1) is 11.3 Å². The Morgan fingerprint density at radius 1 is 1.52 bits per heavy atom. The zero-order valence-electron chi connectivity index (χ0n) is 12.2. The molecule has 0 spiro atoms. The van der Waals surface area contributed by atoms with Crippen molar-refractivity contribution in [3.63, 3.8) is 0 Å². The summed E-state index contributed by atoms with van der Waals surface area (Å²) in [5, 5.41) is 23.1. The molecule has 0 bridgehead atoms. The third-order valence-electron chi connectivity index (χ3n) is 3.34. The minimum absolute atomic E-state index is 0.0576. The smallest absolute Gasteiger partial charge is 0.339 e. The Hall–Kier alpha value is -2.62. The molecule has 110 valence electrons. The van der Waals surface area contributed by atoms with Crippen molar-refractivity contribution in [1.29, 1.82) is 5.26 Å². The highest BCUT2D eigenvalue weighted by molar-refractivity contribution is 6.03. The second kappa shape index (κ2) is 5.79. The monoisotopic (exact) mass is 287 g/mol. The summed E-state index contributed by atoms with van der Waals surface area (Å²) in [4.78, 5) is 17.6. The van der Waals surface area contributed by atoms with Crippen molar-refractivity contribution in [2.75, 3.05) is 11.4 Å². The van der Waals surface area contributed by atoms with Crippen molar-refractivity contribution < 1.29 is 9.90 Å². The highest BCUT2D eigenvalue weighted by atomic mass is 16.4. The standard InChI is InChI=1S/C14H17N5O2/c1-9(2)19(6-4-5-15)12-10-8-17-18(3)13(10)16-7-11(12)14(20)21/h7-9H,4,6H2,1-3H3,(H,20,21). The van der Waals surface area contributed by atoms with Gasteiger partial charge in [-0.05, 0) is 13.8 Å². The van der Waals surface area contributed by atoms with E-state index in [0.717, 1.165) is 0 Å². The van der Waals surface area contributed by atoms with Crippen molar-refractivity contribution >= 4 is 22.7 Å². The number of carboxylic acid groups (broad SMARTS) is 1. The highest BCUT2D eigenvalue weighted by Crippen LogP contribution is 2.31. The summed E-state index contributed by atoms with van der Waals surface area (Å²) >= 11 is 0. The second-order valence-corrected chi connectivity index (χ2v) is 5.03. The number of hydrogen-bond acceptors (Lipinski definition) is 5. The lowest BCUT2D eigenvalue weighted by Gasteiger charge is -2.29. The molecule has 0 aliphatic carbocycles. The molecule has 1 N–H and O–H groups in total. The average molecular weight is 287 g/mol. The SMILES string of the molecule is CC(C)N(CCC#N)c1c(C(=O)O)cnc2c1cnn2C. The lowest BCUT2D eigenvalue weighted by atomic mass is 10.1. The molecule has 0 saturated carbocycles. The maximum atomic E-state index is 11.5. The van der Waals surface area contributed by atoms with E-state index in [1.807, 2.05) is 18.7 Å². The van der Waals surface area contributed by atoms with E-state index in [9.17, 15) is 9.90 Å². The summed E-state index contributed by atoms with van der Waals surface area (Å²) in [5.41, 5.74) is 1.32. The summed E-state index contributed by atoms with van der Waals surface area (Å²) in [6.07, 6.45) is 3.29. The van der Waals surface area contributed by atoms with Crippen LogP contribution in [0.5, 0.6) is 0 Å². The highest BCUT2D eigenvalue weighted by Gasteiger charge is 2.23. The first-order valence-corrected chi connectivity index (χ1v) is 6.65. The molecule has 0 atom stereocenters. The Morgan fingerprint density at radius 3 is 2.81 bits per heavy atom. The molecule has 0 radical (unpaired) electrons. The van der Waals surface area contributed by atoms with Crippen LogP contribution in [0.4, 0.5) is 5.69 Å². The predicted octanol–water partition coefficient (Wildman–Crippen LogP) is 1.79. The van der Waals surface area contributed by atoms with Crippen LogP contribution in [0.15, 0.2) is 12.4 Å². The number of carboxylic acids is 1. The quantitative estimate of drug-likeness (QED) is 0.900. The molecule has 0 saturated heterocycles. The van der Waals surface area contributed by atoms with Gasteiger partial charge < -0.3 is 10.0 Å². The molecule has 0 aromatic carbocycles. The fourth-order valence-corrected chi connectivity index (χ4v) is 2.35. The second-order valence-electron chi connectivity index (χ2n) is 5.03. The number of aromatic carboxylic acids is 1. The van der Waals surface area contributed by atoms with E-state index in [2.05, 4.69) is 16.2 Å². The van der Waals surface area contributed by atoms with Crippen molar-refractivity contribution in [2.45, 2.75) is 26.3 Å². The van der Waals surface area contributed by atoms with Crippen LogP contribution in [0.3, 0.4) is 0 Å². The van der Waals surface area contributed by atoms with Gasteiger partial charge in [0.15, 0.2) is 5.65 Å². The Morgan fingerprint density at radius 2 is 2.24 bits per heavy atom. The molecule has 0 unspecified atom stereocenters. The van der Waals surface area contributed by atoms with E-state index < -0.39 is 5.97 Å². The van der Waals surface area contributed by atoms with Gasteiger partial charge in [-0.1, -0.05) is 0 Å². The van der Waals surface area contributed by atoms with E-state index in [1.165, 1.54) is 6.20 Å². The Labute approximate surface area is 122 Å². The third kappa shape index (κ3) is 2.65. The fraction of sp³-hybridized carbons (Fsp3) is 0.429. The van der Waals surface area contributed by atoms with Gasteiger partial charge in [0.2, 0.25) is 0 Å². The molecule has 2 aromatic rings. The molecular formula is C14H17N5O2. The normalized spacial score (nSPS) is 10.8. The fourth-order valence-electron chi connectivity index (χ4n) is 2.35. The zero-order chi connectivity index (χ0) is 15.6. The summed E-state index contributed by atoms with van der Waals surface area (Å²) in [7, 11) is 1.76. The van der Waals surface area contributed by atoms with E-state index in [-0.39, 0.29) is 11.6 Å². The van der Waals surface area contributed by atoms with Crippen molar-refractivity contribution in [3.05, 3.63) is 18.0 Å². The number of nitriles is 1. The minimum Gasteiger partial charge on any atom is -0.478 e. The maximum Gasteiger partial charge on any atom is 0.339 e. The number of fused-ring (bicyclic) bond motifs is 1. The average Bonchev–Trinajstić information content (AvgIpc) is 2.80. The number of aromatic nitrogens is 3. The van der Waals surface area contributed by atoms with Crippen LogP contribution < -0.4 is 4.90 Å². The molecule has 0 fully saturated rings. The van der Waals surface area contributed by atoms with Crippen molar-refractivity contribution in [3.8, 4) is 6.07 Å². The van der Waals surface area contributed by atoms with Crippen LogP contribution in [0.2, 0.25) is 0 Å². The lowest BCUT2D eigenvalue weighted by Crippen LogP contribution is -2.33. The van der Waals surface area contributed by atoms with Gasteiger partial charge in [0.25, 0.3) is 0 Å². The van der Waals surface area contributed by atoms with Gasteiger partial charge in [0.05, 0.1) is 29.8 Å². The molecule has 7 nitrogen and oxygen atoms in total. The van der Waals surface area contributed by atoms with Crippen LogP contribution in [0.1, 0.15) is 30.6 Å². The summed E-state index contributed by atoms with van der Waals surface area (Å²) in [6.45, 7) is 4.39. The van der Waals surface area contributed by atoms with E-state index in [0.29, 0.717) is 29.7 Å². The zero-order valence-corrected chi connectivity index (χ0v) is 12.2. The largest absolute Gasteiger partial charge is 0.478 e. The van der Waals surface area contributed by atoms with Crippen LogP contribution >= 0.6 is 0 Å². The number of aryl methyl sites for hydroxylation is 1. The molecule has 0 amide bonds. The Bertz CT molecular complexity index is 714. The maximum absolute atomic E-state index is 11.5. The van der Waals surface area contributed by atoms with Gasteiger partial charge in [-0.15, -0.1) is 0 Å². The van der Waals surface area contributed by atoms with E-state index in [4.69, 9.17) is 5.26 Å². The van der Waals surface area contributed by atoms with Gasteiger partial charge >= 0.3 is 5.97 Å². The topological polar surface area (TPSA) is 95.0 Å². The molecule has 2 heterocycles. The van der Waals surface area contributed by atoms with Gasteiger partial charge in [-0.2, -0.15) is 10.4 Å². The van der Waals surface area contributed by atoms with E-state index in [1.54, 1.807) is 17.9 Å². The number of nitrogens with zero attached hydrogens (tertiary/aromatic N) is 5. The molecule has 2 aromatic heterocycles. The number of pyridine rings is 1. The molecular weight excluding hydrogens is 270 g/mol. The van der Waals surface area contributed by atoms with Gasteiger partial charge in [0.1, 0.15) is 5.56 Å². The number of hydrogen-bond donors (Lipinski definition) is 1. The van der Waals surface area contributed by atoms with Gasteiger partial charge in [-0.3, -0.25) is 4.68 Å². The summed E-state index contributed by atoms with van der Waals surface area (Å²) in [6, 6.07) is 2.16. The molecule has 2 rings (SSSR count). The lowest BCUT2D eigenvalue weighted by molar-refractivity contribution is 0.0697. The van der Waals surface area contributed by atoms with Crippen LogP contribution in [-0.2, 0) is 7.05 Å². The first-order chi connectivity index (χ1) is 9.97. The molecule has 21 heavy (non-hydrogen) atoms. The number of rotatable bonds is 5. The van der Waals surface area contributed by atoms with Crippen molar-refractivity contribution in [1.82, 2.24) is 14.8 Å². The molecule has 0 aliphatic heterocycles. The van der Waals surface area contributed by atoms with Crippen molar-refractivity contribution in [2.24, 2.45) is 7.05 Å². The first kappa shape index (κ1) is 14.8. The number of carbonyl (C=O) groups is 1. The summed E-state index contributed by atoms with van der Waals surface area (Å²) in [5.74, 6) is -1.04. The predicted molar refractivity (Wildman–Crippen MR) is 78.2 cm³/mol. The van der Waals surface area contributed by atoms with Gasteiger partial charge in [-0.25, -0.2) is 9.78 Å². The molecule has 0 aliphatic rings. The summed E-state index contributed by atoms with van der Waals surface area (Å²) < 4.78 is 1.60. The minimum atomic E-state index is -1.04. The van der Waals surface area contributed by atoms with Crippen LogP contribution in [0.25, 0.3) is 11.0 Å². The molecule has 7 heteroatoms. The Balaban J connectivity index is 2.70. The Kier molecular flexibility index (Phi) is 4.08. The van der Waals surface area contributed by atoms with Crippen LogP contribution in [-0.4, -0.2) is 38.4 Å². The number of anilines is 1. The third-order valence-corrected chi connectivity index (χ3v) is 3.34. The van der Waals surface area contributed by atoms with E-state index >= 15 is 0 Å². The first-order valence-electron chi connectivity index (χ1n) is 6.65. The van der Waals surface area contributed by atoms with Gasteiger partial charge in [0, 0.05) is 25.8 Å².